The van der Waals surface area contributed by atoms with E-state index in [0.29, 0.717) is 50.9 Å². The molecule has 0 spiro atoms. The van der Waals surface area contributed by atoms with Crippen LogP contribution in [0.2, 0.25) is 0 Å². The number of hydrogen-bond donors (Lipinski definition) is 0. The molecule has 5 nitrogen and oxygen atoms in total. The monoisotopic (exact) mass is 1480 g/mol. The molecule has 2 atom stereocenters. The molecule has 0 fully saturated rings. The van der Waals surface area contributed by atoms with Crippen LogP contribution in [0.4, 0.5) is 0 Å². The van der Waals surface area contributed by atoms with E-state index in [2.05, 4.69) is 258 Å². The number of carbonyl (C=O) groups is 1. The van der Waals surface area contributed by atoms with Crippen molar-refractivity contribution in [2.75, 3.05) is 6.54 Å². The van der Waals surface area contributed by atoms with E-state index < -0.39 is 0 Å². The van der Waals surface area contributed by atoms with Crippen LogP contribution >= 0.6 is 74.5 Å². The first-order valence-corrected chi connectivity index (χ1v) is 42.3. The molecule has 0 aromatic heterocycles. The molecule has 6 rings (SSSR count). The van der Waals surface area contributed by atoms with E-state index in [9.17, 15) is 4.79 Å². The van der Waals surface area contributed by atoms with Crippen molar-refractivity contribution in [2.45, 2.75) is 131 Å². The van der Waals surface area contributed by atoms with Gasteiger partial charge in [-0.25, -0.2) is 0 Å². The number of ether oxygens (including phenoxy) is 2. The van der Waals surface area contributed by atoms with Crippen molar-refractivity contribution in [3.05, 3.63) is 202 Å². The molecule has 10 heteroatoms. The summed E-state index contributed by atoms with van der Waals surface area (Å²) in [6, 6.07) is 56.0. The molecule has 0 aliphatic heterocycles. The molecule has 0 radical (unpaired) electrons. The second-order valence-electron chi connectivity index (χ2n) is 18.0. The van der Waals surface area contributed by atoms with Gasteiger partial charge in [-0.05, 0) is 117 Å². The van der Waals surface area contributed by atoms with Crippen molar-refractivity contribution in [3.8, 4) is 11.5 Å². The van der Waals surface area contributed by atoms with Crippen molar-refractivity contribution in [1.82, 2.24) is 9.80 Å². The van der Waals surface area contributed by atoms with Crippen LogP contribution in [0.5, 0.6) is 11.5 Å². The molecule has 1 amide bonds. The SMILES string of the molecule is Cc1ccc(OCc2ccccc2)c(C(CC(=O)N(C(C)C)C(C)C)c2ccccc2)c1.Cc1ccc(OCc2ccccc2)c(C(CCN(C(C)C)C(C)C)c2ccccc2)c1.II.I[I-]I. The third-order valence-electron chi connectivity index (χ3n) is 11.7. The maximum absolute atomic E-state index is 13.4. The van der Waals surface area contributed by atoms with Crippen LogP contribution in [0.25, 0.3) is 0 Å². The molecule has 0 N–H and O–H groups in total. The second-order valence-corrected chi connectivity index (χ2v) is 34.3. The molecule has 368 valence electrons. The van der Waals surface area contributed by atoms with Gasteiger partial charge < -0.3 is 14.4 Å². The fourth-order valence-electron chi connectivity index (χ4n) is 8.74. The average molecular weight is 1480 g/mol. The zero-order valence-corrected chi connectivity index (χ0v) is 52.3. The van der Waals surface area contributed by atoms with Gasteiger partial charge in [0.05, 0.1) is 0 Å². The number of nitrogens with zero attached hydrogens (tertiary/aromatic N) is 2. The van der Waals surface area contributed by atoms with Gasteiger partial charge in [0.25, 0.3) is 0 Å². The normalized spacial score (nSPS) is 11.8. The van der Waals surface area contributed by atoms with Gasteiger partial charge in [0.15, 0.2) is 0 Å². The van der Waals surface area contributed by atoms with Gasteiger partial charge in [-0.2, -0.15) is 0 Å². The van der Waals surface area contributed by atoms with Gasteiger partial charge in [0.2, 0.25) is 5.91 Å². The number of halogens is 5. The fourth-order valence-corrected chi connectivity index (χ4v) is 8.74. The van der Waals surface area contributed by atoms with Crippen molar-refractivity contribution in [2.24, 2.45) is 0 Å². The summed E-state index contributed by atoms with van der Waals surface area (Å²) in [6.07, 6.45) is 1.47. The van der Waals surface area contributed by atoms with Crippen molar-refractivity contribution >= 4 is 80.4 Å². The van der Waals surface area contributed by atoms with Crippen LogP contribution in [0.15, 0.2) is 158 Å². The van der Waals surface area contributed by atoms with Crippen molar-refractivity contribution in [3.63, 3.8) is 0 Å². The molecular weight excluding hydrogens is 1410 g/mol. The topological polar surface area (TPSA) is 42.0 Å². The van der Waals surface area contributed by atoms with Gasteiger partial charge >= 0.3 is 50.5 Å². The van der Waals surface area contributed by atoms with Gasteiger partial charge in [0.1, 0.15) is 24.7 Å². The number of rotatable bonds is 19. The molecule has 6 aromatic rings. The van der Waals surface area contributed by atoms with Crippen molar-refractivity contribution in [1.29, 1.82) is 0 Å². The summed E-state index contributed by atoms with van der Waals surface area (Å²) in [7, 11) is 0. The number of amides is 1. The van der Waals surface area contributed by atoms with E-state index >= 15 is 0 Å². The molecule has 0 heterocycles. The van der Waals surface area contributed by atoms with E-state index in [4.69, 9.17) is 9.47 Å². The predicted octanol–water partition coefficient (Wildman–Crippen LogP) is 14.5. The minimum absolute atomic E-state index is 0.0747. The van der Waals surface area contributed by atoms with Crippen molar-refractivity contribution < 1.29 is 27.5 Å². The third-order valence-corrected chi connectivity index (χ3v) is 11.7. The van der Waals surface area contributed by atoms with Crippen LogP contribution in [0.3, 0.4) is 0 Å². The summed E-state index contributed by atoms with van der Waals surface area (Å²) in [5.74, 6) is 2.21. The zero-order valence-electron chi connectivity index (χ0n) is 41.5. The van der Waals surface area contributed by atoms with Gasteiger partial charge in [0, 0.05) is 90.8 Å². The third kappa shape index (κ3) is 20.6. The minimum atomic E-state index is -0.0747. The molecule has 68 heavy (non-hydrogen) atoms. The summed E-state index contributed by atoms with van der Waals surface area (Å²) < 4.78 is 12.7. The number of aryl methyl sites for hydroxylation is 2. The summed E-state index contributed by atoms with van der Waals surface area (Å²) in [5.41, 5.74) is 9.57. The van der Waals surface area contributed by atoms with Crippen LogP contribution in [0.1, 0.15) is 125 Å². The van der Waals surface area contributed by atoms with Crippen LogP contribution in [0, 0.1) is 13.8 Å². The Morgan fingerprint density at radius 1 is 0.515 bits per heavy atom. The van der Waals surface area contributed by atoms with E-state index in [0.717, 1.165) is 46.7 Å². The van der Waals surface area contributed by atoms with Gasteiger partial charge in [-0.1, -0.05) is 157 Å². The van der Waals surface area contributed by atoms with Gasteiger partial charge in [-0.15, -0.1) is 0 Å². The Balaban J connectivity index is 0.000000329. The molecular formula is C58H72I5N2O3-. The van der Waals surface area contributed by atoms with Crippen LogP contribution in [-0.4, -0.2) is 46.4 Å². The standard InChI is InChI=1S/C29H35NO2.C29H37NO.I3.I2/c1-21(2)30(22(3)4)29(31)19-26(25-14-10-7-11-15-25)27-18-23(5)16-17-28(27)32-20-24-12-8-6-9-13-24;1-22(2)30(23(3)4)19-18-27(26-14-10-7-11-15-26)28-20-24(5)16-17-29(28)31-21-25-12-8-6-9-13-25;1-3-2;1-2/h6-18,21-22,26H,19-20H2,1-5H3;6-17,20,22-23,27H,18-19,21H2,1-5H3;;/q;;-1;. The Morgan fingerprint density at radius 3 is 1.24 bits per heavy atom. The number of hydrogen-bond acceptors (Lipinski definition) is 4. The van der Waals surface area contributed by atoms with Gasteiger partial charge in [-0.3, -0.25) is 9.69 Å². The Labute approximate surface area is 463 Å². The summed E-state index contributed by atoms with van der Waals surface area (Å²) >= 11 is 9.54. The molecule has 2 unspecified atom stereocenters. The predicted molar refractivity (Wildman–Crippen MR) is 320 cm³/mol. The first kappa shape index (κ1) is 60.3. The Morgan fingerprint density at radius 2 is 0.868 bits per heavy atom. The molecule has 6 aromatic carbocycles. The Kier molecular flexibility index (Phi) is 29.8. The van der Waals surface area contributed by atoms with E-state index in [1.54, 1.807) is 0 Å². The zero-order chi connectivity index (χ0) is 50.0. The Hall–Kier alpha value is -2.00. The van der Waals surface area contributed by atoms with Crippen LogP contribution in [-0.2, 0) is 18.0 Å². The molecule has 0 saturated heterocycles. The quantitative estimate of drug-likeness (QED) is 0.0758. The van der Waals surface area contributed by atoms with E-state index in [-0.39, 0.29) is 23.9 Å². The molecule has 0 aliphatic rings. The Bertz CT molecular complexity index is 2260. The molecule has 0 bridgehead atoms. The second kappa shape index (κ2) is 33.6. The summed E-state index contributed by atoms with van der Waals surface area (Å²) in [6.45, 7) is 23.9. The van der Waals surface area contributed by atoms with E-state index in [1.807, 2.05) is 53.4 Å². The maximum atomic E-state index is 13.4. The molecule has 0 aliphatic carbocycles. The number of benzene rings is 6. The first-order valence-electron chi connectivity index (χ1n) is 23.5. The number of carbonyl (C=O) groups excluding carboxylic acids is 1. The average Bonchev–Trinajstić information content (AvgIpc) is 3.33. The fraction of sp³-hybridized carbons (Fsp3) is 0.362. The van der Waals surface area contributed by atoms with E-state index in [1.165, 1.54) is 22.3 Å². The molecule has 0 saturated carbocycles. The summed E-state index contributed by atoms with van der Waals surface area (Å²) in [5, 5.41) is 0. The first-order chi connectivity index (χ1) is 32.7. The van der Waals surface area contributed by atoms with Crippen LogP contribution < -0.4 is 22.7 Å². The summed E-state index contributed by atoms with van der Waals surface area (Å²) in [4.78, 5) is 18.0.